The molecule has 32 heavy (non-hydrogen) atoms. The van der Waals surface area contributed by atoms with Crippen molar-refractivity contribution in [3.63, 3.8) is 0 Å². The molecule has 0 radical (unpaired) electrons. The normalized spacial score (nSPS) is 16.8. The van der Waals surface area contributed by atoms with E-state index in [0.717, 1.165) is 16.5 Å². The third-order valence-electron chi connectivity index (χ3n) is 4.95. The van der Waals surface area contributed by atoms with Gasteiger partial charge in [0.05, 0.1) is 22.6 Å². The summed E-state index contributed by atoms with van der Waals surface area (Å²) in [6.45, 7) is 1.53. The highest BCUT2D eigenvalue weighted by molar-refractivity contribution is 7.92. The molecule has 2 aromatic carbocycles. The number of anilines is 1. The molecule has 0 bridgehead atoms. The molecule has 0 saturated carbocycles. The van der Waals surface area contributed by atoms with E-state index in [4.69, 9.17) is 4.42 Å². The molecule has 1 aromatic heterocycles. The Morgan fingerprint density at radius 3 is 2.50 bits per heavy atom. The van der Waals surface area contributed by atoms with Crippen LogP contribution in [0.3, 0.4) is 0 Å². The van der Waals surface area contributed by atoms with Crippen molar-refractivity contribution in [1.29, 1.82) is 0 Å². The molecule has 1 aliphatic rings. The number of rotatable bonds is 7. The Hall–Kier alpha value is -3.18. The fourth-order valence-electron chi connectivity index (χ4n) is 3.31. The second kappa shape index (κ2) is 8.40. The van der Waals surface area contributed by atoms with Gasteiger partial charge < -0.3 is 4.42 Å². The standard InChI is InChI=1S/C21H20FN3O5S2/c1-2-31(26,27)24-17-6-3-5-15(13-17)19-14-20(21-7-4-12-30-21)25(23-19)32(28,29)18-10-8-16(22)9-11-18/h3-13,20,24H,2,14H2,1H3/t20-/m0/s1. The average molecular weight is 478 g/mol. The minimum absolute atomic E-state index is 0.0809. The molecule has 11 heteroatoms. The third kappa shape index (κ3) is 4.39. The summed E-state index contributed by atoms with van der Waals surface area (Å²) in [7, 11) is -7.58. The van der Waals surface area contributed by atoms with Crippen LogP contribution in [0.4, 0.5) is 10.1 Å². The number of furan rings is 1. The molecule has 8 nitrogen and oxygen atoms in total. The molecule has 3 aromatic rings. The van der Waals surface area contributed by atoms with Crippen molar-refractivity contribution in [2.75, 3.05) is 10.5 Å². The van der Waals surface area contributed by atoms with Gasteiger partial charge in [0.1, 0.15) is 17.6 Å². The van der Waals surface area contributed by atoms with E-state index in [0.29, 0.717) is 22.7 Å². The zero-order chi connectivity index (χ0) is 22.9. The summed E-state index contributed by atoms with van der Waals surface area (Å²) in [5.41, 5.74) is 1.35. The molecular formula is C21H20FN3O5S2. The zero-order valence-electron chi connectivity index (χ0n) is 17.0. The fraction of sp³-hybridized carbons (Fsp3) is 0.190. The summed E-state index contributed by atoms with van der Waals surface area (Å²) in [6.07, 6.45) is 1.65. The molecule has 0 unspecified atom stereocenters. The van der Waals surface area contributed by atoms with Crippen LogP contribution in [0.25, 0.3) is 0 Å². The number of halogens is 1. The number of nitrogens with zero attached hydrogens (tertiary/aromatic N) is 2. The van der Waals surface area contributed by atoms with Gasteiger partial charge in [-0.2, -0.15) is 17.9 Å². The molecule has 4 rings (SSSR count). The summed E-state index contributed by atoms with van der Waals surface area (Å²) in [4.78, 5) is -0.107. The highest BCUT2D eigenvalue weighted by Gasteiger charge is 2.39. The van der Waals surface area contributed by atoms with Crippen LogP contribution in [-0.4, -0.2) is 32.7 Å². The predicted molar refractivity (Wildman–Crippen MR) is 118 cm³/mol. The highest BCUT2D eigenvalue weighted by Crippen LogP contribution is 2.37. The van der Waals surface area contributed by atoms with E-state index < -0.39 is 31.9 Å². The van der Waals surface area contributed by atoms with Crippen LogP contribution in [0.2, 0.25) is 0 Å². The van der Waals surface area contributed by atoms with Crippen LogP contribution in [0, 0.1) is 5.82 Å². The van der Waals surface area contributed by atoms with Gasteiger partial charge in [-0.25, -0.2) is 12.8 Å². The fourth-order valence-corrected chi connectivity index (χ4v) is 5.35. The van der Waals surface area contributed by atoms with Crippen molar-refractivity contribution in [1.82, 2.24) is 4.41 Å². The second-order valence-corrected chi connectivity index (χ2v) is 10.9. The molecule has 1 atom stereocenters. The molecule has 0 amide bonds. The zero-order valence-corrected chi connectivity index (χ0v) is 18.6. The molecule has 168 valence electrons. The van der Waals surface area contributed by atoms with Gasteiger partial charge in [-0.05, 0) is 61.0 Å². The molecular weight excluding hydrogens is 457 g/mol. The number of hydrogen-bond acceptors (Lipinski definition) is 6. The van der Waals surface area contributed by atoms with Crippen LogP contribution >= 0.6 is 0 Å². The first-order chi connectivity index (χ1) is 15.2. The molecule has 0 fully saturated rings. The second-order valence-electron chi connectivity index (χ2n) is 7.10. The largest absolute Gasteiger partial charge is 0.467 e. The van der Waals surface area contributed by atoms with Gasteiger partial charge in [-0.3, -0.25) is 4.72 Å². The van der Waals surface area contributed by atoms with Crippen molar-refractivity contribution >= 4 is 31.4 Å². The molecule has 0 aliphatic carbocycles. The van der Waals surface area contributed by atoms with E-state index in [1.54, 1.807) is 36.4 Å². The number of hydrogen-bond donors (Lipinski definition) is 1. The Bertz CT molecular complexity index is 1350. The van der Waals surface area contributed by atoms with E-state index in [2.05, 4.69) is 9.82 Å². The van der Waals surface area contributed by atoms with E-state index in [1.165, 1.54) is 25.3 Å². The van der Waals surface area contributed by atoms with E-state index in [9.17, 15) is 21.2 Å². The van der Waals surface area contributed by atoms with E-state index >= 15 is 0 Å². The molecule has 1 aliphatic heterocycles. The molecule has 0 spiro atoms. The number of sulfonamides is 2. The minimum atomic E-state index is -4.11. The Labute approximate surface area is 185 Å². The lowest BCUT2D eigenvalue weighted by Gasteiger charge is -2.21. The van der Waals surface area contributed by atoms with Crippen LogP contribution in [0.5, 0.6) is 0 Å². The number of benzene rings is 2. The lowest BCUT2D eigenvalue weighted by molar-refractivity contribution is 0.320. The first-order valence-corrected chi connectivity index (χ1v) is 12.8. The van der Waals surface area contributed by atoms with Gasteiger partial charge in [-0.1, -0.05) is 12.1 Å². The summed E-state index contributed by atoms with van der Waals surface area (Å²) >= 11 is 0. The summed E-state index contributed by atoms with van der Waals surface area (Å²) < 4.78 is 72.6. The van der Waals surface area contributed by atoms with Crippen molar-refractivity contribution in [3.05, 3.63) is 84.1 Å². The van der Waals surface area contributed by atoms with E-state index in [1.807, 2.05) is 0 Å². The first-order valence-electron chi connectivity index (χ1n) is 9.71. The van der Waals surface area contributed by atoms with Crippen molar-refractivity contribution < 1.29 is 25.6 Å². The molecule has 2 heterocycles. The van der Waals surface area contributed by atoms with Crippen molar-refractivity contribution in [2.45, 2.75) is 24.3 Å². The van der Waals surface area contributed by atoms with Crippen LogP contribution in [-0.2, 0) is 20.0 Å². The Kier molecular flexibility index (Phi) is 5.78. The van der Waals surface area contributed by atoms with Crippen LogP contribution < -0.4 is 4.72 Å². The Morgan fingerprint density at radius 1 is 1.09 bits per heavy atom. The molecule has 0 saturated heterocycles. The van der Waals surface area contributed by atoms with Gasteiger partial charge in [0, 0.05) is 12.1 Å². The SMILES string of the molecule is CCS(=O)(=O)Nc1cccc(C2=NN(S(=O)(=O)c3ccc(F)cc3)[C@H](c3ccco3)C2)c1. The van der Waals surface area contributed by atoms with Crippen molar-refractivity contribution in [2.24, 2.45) is 5.10 Å². The lowest BCUT2D eigenvalue weighted by atomic mass is 10.0. The topological polar surface area (TPSA) is 109 Å². The average Bonchev–Trinajstić information content (AvgIpc) is 3.44. The van der Waals surface area contributed by atoms with Gasteiger partial charge in [-0.15, -0.1) is 0 Å². The van der Waals surface area contributed by atoms with Crippen LogP contribution in [0.1, 0.15) is 30.7 Å². The predicted octanol–water partition coefficient (Wildman–Crippen LogP) is 3.72. The maximum Gasteiger partial charge on any atom is 0.279 e. The Morgan fingerprint density at radius 2 is 1.84 bits per heavy atom. The lowest BCUT2D eigenvalue weighted by Crippen LogP contribution is -2.27. The van der Waals surface area contributed by atoms with Crippen LogP contribution in [0.15, 0.2) is 81.3 Å². The van der Waals surface area contributed by atoms with Gasteiger partial charge in [0.25, 0.3) is 10.0 Å². The first kappa shape index (κ1) is 22.0. The van der Waals surface area contributed by atoms with Gasteiger partial charge in [0.2, 0.25) is 10.0 Å². The third-order valence-corrected chi connectivity index (χ3v) is 7.95. The summed E-state index contributed by atoms with van der Waals surface area (Å²) in [5.74, 6) is -0.233. The minimum Gasteiger partial charge on any atom is -0.467 e. The number of hydrazone groups is 1. The van der Waals surface area contributed by atoms with Gasteiger partial charge in [0.15, 0.2) is 0 Å². The van der Waals surface area contributed by atoms with Crippen molar-refractivity contribution in [3.8, 4) is 0 Å². The highest BCUT2D eigenvalue weighted by atomic mass is 32.2. The maximum absolute atomic E-state index is 13.3. The maximum atomic E-state index is 13.3. The van der Waals surface area contributed by atoms with Gasteiger partial charge >= 0.3 is 0 Å². The monoisotopic (exact) mass is 477 g/mol. The number of nitrogens with one attached hydrogen (secondary N) is 1. The van der Waals surface area contributed by atoms with E-state index in [-0.39, 0.29) is 17.1 Å². The smallest absolute Gasteiger partial charge is 0.279 e. The Balaban J connectivity index is 1.74. The quantitative estimate of drug-likeness (QED) is 0.558. The molecule has 1 N–H and O–H groups in total. The summed E-state index contributed by atoms with van der Waals surface area (Å²) in [6, 6.07) is 13.6. The summed E-state index contributed by atoms with van der Waals surface area (Å²) in [5, 5.41) is 4.35.